The van der Waals surface area contributed by atoms with Crippen LogP contribution in [0.3, 0.4) is 0 Å². The van der Waals surface area contributed by atoms with E-state index in [1.807, 2.05) is 0 Å². The van der Waals surface area contributed by atoms with Gasteiger partial charge in [-0.2, -0.15) is 0 Å². The van der Waals surface area contributed by atoms with Crippen LogP contribution >= 0.6 is 120 Å². The average molecular weight is 554 g/mol. The molecule has 0 aromatic heterocycles. The van der Waals surface area contributed by atoms with Gasteiger partial charge in [-0.15, -0.1) is 88.6 Å². The highest BCUT2D eigenvalue weighted by molar-refractivity contribution is 9.27. The molecule has 0 fully saturated rings. The topological polar surface area (TPSA) is 0 Å². The van der Waals surface area contributed by atoms with Gasteiger partial charge in [0.05, 0.1) is 0 Å². The lowest BCUT2D eigenvalue weighted by Crippen LogP contribution is -2.55. The molecule has 0 aliphatic heterocycles. The Morgan fingerprint density at radius 1 is 0.800 bits per heavy atom. The van der Waals surface area contributed by atoms with E-state index in [2.05, 4.69) is 31.9 Å². The molecular formula is C2H2Br2Cl8Si3. The number of rotatable bonds is 4. The van der Waals surface area contributed by atoms with Crippen LogP contribution in [0.2, 0.25) is 5.67 Å². The predicted molar refractivity (Wildman–Crippen MR) is 89.5 cm³/mol. The van der Waals surface area contributed by atoms with Crippen molar-refractivity contribution in [3.63, 3.8) is 0 Å². The molecular weight excluding hydrogens is 552 g/mol. The molecule has 0 rings (SSSR count). The van der Waals surface area contributed by atoms with Crippen LogP contribution in [0.4, 0.5) is 0 Å². The van der Waals surface area contributed by atoms with Crippen molar-refractivity contribution >= 4 is 139 Å². The third-order valence-electron chi connectivity index (χ3n) is 1.24. The fraction of sp³-hybridized carbons (Fsp3) is 1.00. The maximum absolute atomic E-state index is 6.17. The summed E-state index contributed by atoms with van der Waals surface area (Å²) in [5.41, 5.74) is 0.0607. The summed E-state index contributed by atoms with van der Waals surface area (Å²) >= 11 is 53.6. The summed E-state index contributed by atoms with van der Waals surface area (Å²) in [5, 5.41) is 0. The van der Waals surface area contributed by atoms with Crippen molar-refractivity contribution < 1.29 is 0 Å². The highest BCUT2D eigenvalue weighted by Crippen LogP contribution is 2.56. The third kappa shape index (κ3) is 5.83. The standard InChI is InChI=1S/C2H2Br2Cl8Si3/c3-2(4,15(10,11)12)13(5,6)1-14(7,8)9/h1H2. The summed E-state index contributed by atoms with van der Waals surface area (Å²) in [6.45, 7) is -3.09. The van der Waals surface area contributed by atoms with Crippen molar-refractivity contribution in [1.82, 2.24) is 0 Å². The van der Waals surface area contributed by atoms with Gasteiger partial charge in [0.2, 0.25) is 0 Å². The molecule has 0 aromatic rings. The second-order valence-corrected chi connectivity index (χ2v) is 34.8. The molecule has 0 atom stereocenters. The summed E-state index contributed by atoms with van der Waals surface area (Å²) in [4.78, 5) is 0. The maximum Gasteiger partial charge on any atom is 0.367 e. The van der Waals surface area contributed by atoms with Crippen molar-refractivity contribution in [3.05, 3.63) is 0 Å². The summed E-state index contributed by atoms with van der Waals surface area (Å²) in [6, 6.07) is -6.21. The van der Waals surface area contributed by atoms with Gasteiger partial charge in [-0.25, -0.2) is 0 Å². The maximum atomic E-state index is 6.17. The van der Waals surface area contributed by atoms with Gasteiger partial charge in [-0.05, 0) is 0 Å². The monoisotopic (exact) mass is 548 g/mol. The van der Waals surface area contributed by atoms with E-state index in [9.17, 15) is 0 Å². The molecule has 92 valence electrons. The molecule has 0 aromatic carbocycles. The van der Waals surface area contributed by atoms with Crippen LogP contribution < -0.4 is 0 Å². The highest BCUT2D eigenvalue weighted by atomic mass is 79.9. The van der Waals surface area contributed by atoms with Crippen LogP contribution in [0.5, 0.6) is 0 Å². The van der Waals surface area contributed by atoms with Gasteiger partial charge in [0, 0.05) is 5.67 Å². The van der Waals surface area contributed by atoms with Crippen LogP contribution in [-0.4, -0.2) is 21.2 Å². The molecule has 0 spiro atoms. The van der Waals surface area contributed by atoms with Gasteiger partial charge in [0.1, 0.15) is 2.48 Å². The van der Waals surface area contributed by atoms with Crippen molar-refractivity contribution in [2.24, 2.45) is 0 Å². The molecule has 0 saturated heterocycles. The largest absolute Gasteiger partial charge is 0.367 e. The van der Waals surface area contributed by atoms with Crippen molar-refractivity contribution in [2.45, 2.75) is 8.15 Å². The Kier molecular flexibility index (Phi) is 7.75. The minimum Gasteiger partial charge on any atom is -0.144 e. The number of hydrogen-bond acceptors (Lipinski definition) is 0. The van der Waals surface area contributed by atoms with Crippen LogP contribution in [-0.2, 0) is 0 Å². The lowest BCUT2D eigenvalue weighted by molar-refractivity contribution is 1.69. The van der Waals surface area contributed by atoms with Gasteiger partial charge in [0.25, 0.3) is 6.69 Å². The molecule has 0 unspecified atom stereocenters. The SMILES string of the molecule is Cl[Si](Cl)(Cl)C[Si](Cl)(Cl)C(Br)(Br)[Si](Cl)(Cl)Cl. The molecule has 0 saturated carbocycles. The molecule has 0 heterocycles. The van der Waals surface area contributed by atoms with E-state index >= 15 is 0 Å². The fourth-order valence-corrected chi connectivity index (χ4v) is 30.7. The Hall–Kier alpha value is 3.93. The molecule has 0 amide bonds. The quantitative estimate of drug-likeness (QED) is 0.217. The fourth-order valence-electron chi connectivity index (χ4n) is 0.570. The third-order valence-corrected chi connectivity index (χ3v) is 35.8. The zero-order valence-electron chi connectivity index (χ0n) is 6.49. The number of halogens is 10. The zero-order chi connectivity index (χ0) is 12.7. The molecule has 0 radical (unpaired) electrons. The lowest BCUT2D eigenvalue weighted by Gasteiger charge is -2.36. The Morgan fingerprint density at radius 2 is 1.13 bits per heavy atom. The van der Waals surface area contributed by atoms with Crippen molar-refractivity contribution in [1.29, 1.82) is 0 Å². The minimum absolute atomic E-state index is 0.0607. The normalized spacial score (nSPS) is 15.6. The first kappa shape index (κ1) is 18.9. The van der Waals surface area contributed by atoms with E-state index in [0.717, 1.165) is 0 Å². The summed E-state index contributed by atoms with van der Waals surface area (Å²) in [5.74, 6) is 0. The van der Waals surface area contributed by atoms with Crippen LogP contribution in [0, 0.1) is 0 Å². The van der Waals surface area contributed by atoms with Crippen molar-refractivity contribution in [3.8, 4) is 0 Å². The van der Waals surface area contributed by atoms with E-state index in [-0.39, 0.29) is 5.67 Å². The molecule has 0 aliphatic carbocycles. The van der Waals surface area contributed by atoms with Gasteiger partial charge in [0.15, 0.2) is 0 Å². The first-order chi connectivity index (χ1) is 6.21. The average Bonchev–Trinajstić information content (AvgIpc) is 1.77. The number of alkyl halides is 2. The zero-order valence-corrected chi connectivity index (χ0v) is 18.7. The van der Waals surface area contributed by atoms with Crippen LogP contribution in [0.15, 0.2) is 0 Å². The predicted octanol–water partition coefficient (Wildman–Crippen LogP) is 6.32. The summed E-state index contributed by atoms with van der Waals surface area (Å²) in [7, 11) is 0. The highest BCUT2D eigenvalue weighted by Gasteiger charge is 2.65. The van der Waals surface area contributed by atoms with Crippen LogP contribution in [0.25, 0.3) is 0 Å². The van der Waals surface area contributed by atoms with E-state index in [0.29, 0.717) is 0 Å². The van der Waals surface area contributed by atoms with Gasteiger partial charge >= 0.3 is 12.0 Å². The Morgan fingerprint density at radius 3 is 1.33 bits per heavy atom. The Balaban J connectivity index is 5.03. The molecule has 13 heteroatoms. The first-order valence-electron chi connectivity index (χ1n) is 3.10. The first-order valence-corrected chi connectivity index (χ1v) is 19.2. The summed E-state index contributed by atoms with van der Waals surface area (Å²) < 4.78 is -1.15. The van der Waals surface area contributed by atoms with Gasteiger partial charge in [-0.3, -0.25) is 0 Å². The molecule has 0 N–H and O–H groups in total. The van der Waals surface area contributed by atoms with E-state index in [1.54, 1.807) is 0 Å². The lowest BCUT2D eigenvalue weighted by atomic mass is 11.8. The van der Waals surface area contributed by atoms with Crippen LogP contribution in [0.1, 0.15) is 0 Å². The van der Waals surface area contributed by atoms with E-state index in [4.69, 9.17) is 88.6 Å². The molecule has 0 nitrogen and oxygen atoms in total. The Labute approximate surface area is 145 Å². The smallest absolute Gasteiger partial charge is 0.144 e. The van der Waals surface area contributed by atoms with Gasteiger partial charge in [-0.1, -0.05) is 31.9 Å². The second kappa shape index (κ2) is 6.14. The second-order valence-electron chi connectivity index (χ2n) is 2.57. The number of hydrogen-bond donors (Lipinski definition) is 0. The molecule has 15 heavy (non-hydrogen) atoms. The van der Waals surface area contributed by atoms with E-state index < -0.39 is 21.2 Å². The van der Waals surface area contributed by atoms with Gasteiger partial charge < -0.3 is 0 Å². The summed E-state index contributed by atoms with van der Waals surface area (Å²) in [6.07, 6.45) is 0. The molecule has 0 aliphatic rings. The Bertz CT molecular complexity index is 231. The van der Waals surface area contributed by atoms with E-state index in [1.165, 1.54) is 0 Å². The van der Waals surface area contributed by atoms with Crippen molar-refractivity contribution in [2.75, 3.05) is 0 Å². The minimum atomic E-state index is -3.23. The molecule has 0 bridgehead atoms.